The molecule has 1 N–H and O–H groups in total. The van der Waals surface area contributed by atoms with Gasteiger partial charge in [0.15, 0.2) is 0 Å². The minimum absolute atomic E-state index is 0.219. The predicted octanol–water partition coefficient (Wildman–Crippen LogP) is 3.45. The molecule has 4 nitrogen and oxygen atoms in total. The van der Waals surface area contributed by atoms with Crippen LogP contribution in [0.4, 0.5) is 0 Å². The lowest BCUT2D eigenvalue weighted by atomic mass is 9.78. The summed E-state index contributed by atoms with van der Waals surface area (Å²) in [6, 6.07) is 0. The molecule has 0 aliphatic rings. The van der Waals surface area contributed by atoms with Crippen LogP contribution in [0.3, 0.4) is 0 Å². The number of halogens is 1. The number of methoxy groups -OCH3 is 1. The highest BCUT2D eigenvalue weighted by Gasteiger charge is 2.29. The lowest BCUT2D eigenvalue weighted by Crippen LogP contribution is -2.37. The molecular formula is C16H30ClN3O. The third-order valence-corrected chi connectivity index (χ3v) is 4.97. The molecule has 0 unspecified atom stereocenters. The molecule has 21 heavy (non-hydrogen) atoms. The predicted molar refractivity (Wildman–Crippen MR) is 89.1 cm³/mol. The van der Waals surface area contributed by atoms with Gasteiger partial charge in [0.25, 0.3) is 0 Å². The van der Waals surface area contributed by atoms with Crippen molar-refractivity contribution in [2.24, 2.45) is 5.41 Å². The molecule has 122 valence electrons. The van der Waals surface area contributed by atoms with E-state index in [-0.39, 0.29) is 5.41 Å². The summed E-state index contributed by atoms with van der Waals surface area (Å²) in [5.41, 5.74) is 2.33. The number of aromatic nitrogens is 2. The topological polar surface area (TPSA) is 39.1 Å². The Morgan fingerprint density at radius 3 is 2.48 bits per heavy atom. The first-order chi connectivity index (χ1) is 10.0. The van der Waals surface area contributed by atoms with Gasteiger partial charge in [0.1, 0.15) is 0 Å². The highest BCUT2D eigenvalue weighted by Crippen LogP contribution is 2.34. The first kappa shape index (κ1) is 18.5. The van der Waals surface area contributed by atoms with E-state index in [1.165, 1.54) is 5.69 Å². The van der Waals surface area contributed by atoms with E-state index < -0.39 is 0 Å². The second kappa shape index (κ2) is 8.76. The number of ether oxygens (including phenoxy) is 1. The smallest absolute Gasteiger partial charge is 0.0847 e. The standard InChI is InChI=1S/C16H30ClN3O/c1-6-16(7-2,12-18-9-10-21-5)11-14-15(17)13(4)19-20(14)8-3/h18H,6-12H2,1-5H3. The summed E-state index contributed by atoms with van der Waals surface area (Å²) in [6.45, 7) is 12.1. The minimum Gasteiger partial charge on any atom is -0.383 e. The molecule has 0 radical (unpaired) electrons. The van der Waals surface area contributed by atoms with Crippen molar-refractivity contribution in [1.29, 1.82) is 0 Å². The van der Waals surface area contributed by atoms with Gasteiger partial charge in [-0.05, 0) is 38.5 Å². The highest BCUT2D eigenvalue weighted by atomic mass is 35.5. The molecule has 1 aromatic rings. The van der Waals surface area contributed by atoms with Gasteiger partial charge in [0.2, 0.25) is 0 Å². The normalized spacial score (nSPS) is 12.1. The molecule has 0 amide bonds. The van der Waals surface area contributed by atoms with Crippen molar-refractivity contribution in [3.05, 3.63) is 16.4 Å². The van der Waals surface area contributed by atoms with E-state index in [1.807, 2.05) is 11.6 Å². The van der Waals surface area contributed by atoms with Crippen LogP contribution in [0.1, 0.15) is 45.0 Å². The molecule has 0 saturated carbocycles. The van der Waals surface area contributed by atoms with Crippen LogP contribution in [0.25, 0.3) is 0 Å². The molecule has 1 aromatic heterocycles. The monoisotopic (exact) mass is 315 g/mol. The molecule has 1 heterocycles. The van der Waals surface area contributed by atoms with Gasteiger partial charge in [-0.25, -0.2) is 0 Å². The van der Waals surface area contributed by atoms with Crippen LogP contribution in [0.5, 0.6) is 0 Å². The van der Waals surface area contributed by atoms with E-state index in [9.17, 15) is 0 Å². The summed E-state index contributed by atoms with van der Waals surface area (Å²) in [5.74, 6) is 0. The van der Waals surface area contributed by atoms with Crippen LogP contribution in [0.2, 0.25) is 5.02 Å². The van der Waals surface area contributed by atoms with Crippen molar-refractivity contribution in [3.8, 4) is 0 Å². The maximum Gasteiger partial charge on any atom is 0.0847 e. The highest BCUT2D eigenvalue weighted by molar-refractivity contribution is 6.31. The fourth-order valence-corrected chi connectivity index (χ4v) is 2.94. The van der Waals surface area contributed by atoms with E-state index in [0.29, 0.717) is 0 Å². The zero-order chi connectivity index (χ0) is 15.9. The van der Waals surface area contributed by atoms with Crippen LogP contribution in [0, 0.1) is 12.3 Å². The van der Waals surface area contributed by atoms with Crippen LogP contribution in [0.15, 0.2) is 0 Å². The Balaban J connectivity index is 2.86. The summed E-state index contributed by atoms with van der Waals surface area (Å²) in [6.07, 6.45) is 3.20. The van der Waals surface area contributed by atoms with Gasteiger partial charge in [0.05, 0.1) is 23.0 Å². The van der Waals surface area contributed by atoms with Gasteiger partial charge in [-0.15, -0.1) is 0 Å². The van der Waals surface area contributed by atoms with Crippen molar-refractivity contribution in [2.75, 3.05) is 26.8 Å². The quantitative estimate of drug-likeness (QED) is 0.672. The summed E-state index contributed by atoms with van der Waals surface area (Å²) in [4.78, 5) is 0. The zero-order valence-electron chi connectivity index (χ0n) is 14.1. The fourth-order valence-electron chi connectivity index (χ4n) is 2.73. The Labute approximate surface area is 134 Å². The second-order valence-electron chi connectivity index (χ2n) is 5.72. The SMILES string of the molecule is CCn1nc(C)c(Cl)c1CC(CC)(CC)CNCCOC. The molecule has 0 atom stereocenters. The van der Waals surface area contributed by atoms with E-state index in [2.05, 4.69) is 31.2 Å². The zero-order valence-corrected chi connectivity index (χ0v) is 14.9. The Kier molecular flexibility index (Phi) is 7.71. The van der Waals surface area contributed by atoms with Gasteiger partial charge < -0.3 is 10.1 Å². The lowest BCUT2D eigenvalue weighted by Gasteiger charge is -2.32. The molecule has 0 fully saturated rings. The maximum atomic E-state index is 6.47. The average molecular weight is 316 g/mol. The Bertz CT molecular complexity index is 427. The van der Waals surface area contributed by atoms with E-state index in [1.54, 1.807) is 7.11 Å². The van der Waals surface area contributed by atoms with Crippen LogP contribution in [-0.2, 0) is 17.7 Å². The minimum atomic E-state index is 0.219. The van der Waals surface area contributed by atoms with Gasteiger partial charge in [0, 0.05) is 26.7 Å². The Morgan fingerprint density at radius 1 is 1.29 bits per heavy atom. The van der Waals surface area contributed by atoms with Gasteiger partial charge in [-0.3, -0.25) is 4.68 Å². The van der Waals surface area contributed by atoms with Gasteiger partial charge >= 0.3 is 0 Å². The van der Waals surface area contributed by atoms with E-state index in [4.69, 9.17) is 16.3 Å². The molecule has 0 aliphatic carbocycles. The van der Waals surface area contributed by atoms with E-state index in [0.717, 1.165) is 56.2 Å². The Hall–Kier alpha value is -0.580. The average Bonchev–Trinajstić information content (AvgIpc) is 2.77. The van der Waals surface area contributed by atoms with Gasteiger partial charge in [-0.2, -0.15) is 5.10 Å². The van der Waals surface area contributed by atoms with Crippen LogP contribution >= 0.6 is 11.6 Å². The summed E-state index contributed by atoms with van der Waals surface area (Å²) in [7, 11) is 1.73. The third-order valence-electron chi connectivity index (χ3n) is 4.48. The molecule has 0 bridgehead atoms. The molecule has 0 spiro atoms. The first-order valence-corrected chi connectivity index (χ1v) is 8.32. The maximum absolute atomic E-state index is 6.47. The number of nitrogens with one attached hydrogen (secondary N) is 1. The van der Waals surface area contributed by atoms with Crippen molar-refractivity contribution in [3.63, 3.8) is 0 Å². The number of hydrogen-bond donors (Lipinski definition) is 1. The largest absolute Gasteiger partial charge is 0.383 e. The molecular weight excluding hydrogens is 286 g/mol. The van der Waals surface area contributed by atoms with Gasteiger partial charge in [-0.1, -0.05) is 25.4 Å². The van der Waals surface area contributed by atoms with Crippen molar-refractivity contribution in [2.45, 2.75) is 53.5 Å². The number of hydrogen-bond acceptors (Lipinski definition) is 3. The number of rotatable bonds is 10. The summed E-state index contributed by atoms with van der Waals surface area (Å²) in [5, 5.41) is 8.88. The van der Waals surface area contributed by atoms with E-state index >= 15 is 0 Å². The van der Waals surface area contributed by atoms with Crippen molar-refractivity contribution in [1.82, 2.24) is 15.1 Å². The molecule has 5 heteroatoms. The Morgan fingerprint density at radius 2 is 1.95 bits per heavy atom. The van der Waals surface area contributed by atoms with Crippen molar-refractivity contribution < 1.29 is 4.74 Å². The summed E-state index contributed by atoms with van der Waals surface area (Å²) < 4.78 is 7.15. The van der Waals surface area contributed by atoms with Crippen LogP contribution < -0.4 is 5.32 Å². The molecule has 0 aliphatic heterocycles. The van der Waals surface area contributed by atoms with Crippen LogP contribution in [-0.4, -0.2) is 36.6 Å². The molecule has 0 aromatic carbocycles. The fraction of sp³-hybridized carbons (Fsp3) is 0.812. The summed E-state index contributed by atoms with van der Waals surface area (Å²) >= 11 is 6.47. The molecule has 1 rings (SSSR count). The van der Waals surface area contributed by atoms with Crippen molar-refractivity contribution >= 4 is 11.6 Å². The number of aryl methyl sites for hydroxylation is 2. The number of nitrogens with zero attached hydrogens (tertiary/aromatic N) is 2. The third kappa shape index (κ3) is 4.70. The second-order valence-corrected chi connectivity index (χ2v) is 6.09. The first-order valence-electron chi connectivity index (χ1n) is 7.95. The molecule has 0 saturated heterocycles. The lowest BCUT2D eigenvalue weighted by molar-refractivity contribution is 0.184.